The van der Waals surface area contributed by atoms with Crippen molar-refractivity contribution in [1.29, 1.82) is 0 Å². The summed E-state index contributed by atoms with van der Waals surface area (Å²) in [4.78, 5) is 42.2. The molecule has 0 bridgehead atoms. The van der Waals surface area contributed by atoms with Crippen molar-refractivity contribution < 1.29 is 24.2 Å². The van der Waals surface area contributed by atoms with Gasteiger partial charge in [0.05, 0.1) is 22.8 Å². The SMILES string of the molecule is Cn1ccc(NC(O)c2cc(NC(=O)c3nc(NC(=O)c4cc(NC(=O)OC(C)(C)C)cn4C)cn3C)cn2C)c1. The second kappa shape index (κ2) is 11.3. The number of ether oxygens (including phenoxy) is 1. The topological polar surface area (TPSA) is 161 Å². The summed E-state index contributed by atoms with van der Waals surface area (Å²) in [5.41, 5.74) is 1.74. The van der Waals surface area contributed by atoms with E-state index in [0.29, 0.717) is 17.1 Å². The molecule has 0 aromatic carbocycles. The molecule has 14 nitrogen and oxygen atoms in total. The van der Waals surface area contributed by atoms with Crippen molar-refractivity contribution >= 4 is 40.8 Å². The first-order chi connectivity index (χ1) is 19.2. The number of aromatic nitrogens is 5. The van der Waals surface area contributed by atoms with E-state index in [1.165, 1.54) is 16.8 Å². The summed E-state index contributed by atoms with van der Waals surface area (Å²) in [6, 6.07) is 5.00. The van der Waals surface area contributed by atoms with E-state index in [9.17, 15) is 19.5 Å². The van der Waals surface area contributed by atoms with Gasteiger partial charge in [-0.2, -0.15) is 0 Å². The molecule has 4 heterocycles. The average molecular weight is 566 g/mol. The number of hydrogen-bond acceptors (Lipinski definition) is 7. The lowest BCUT2D eigenvalue weighted by Gasteiger charge is -2.19. The van der Waals surface area contributed by atoms with Gasteiger partial charge in [0.2, 0.25) is 5.82 Å². The number of carbonyl (C=O) groups excluding carboxylic acids is 3. The minimum Gasteiger partial charge on any atom is -0.444 e. The van der Waals surface area contributed by atoms with E-state index in [-0.39, 0.29) is 17.3 Å². The van der Waals surface area contributed by atoms with Gasteiger partial charge in [0, 0.05) is 59.2 Å². The van der Waals surface area contributed by atoms with E-state index in [2.05, 4.69) is 26.3 Å². The lowest BCUT2D eigenvalue weighted by atomic mass is 10.2. The molecule has 0 saturated carbocycles. The smallest absolute Gasteiger partial charge is 0.412 e. The molecule has 0 aliphatic rings. The van der Waals surface area contributed by atoms with Crippen molar-refractivity contribution in [3.05, 3.63) is 66.4 Å². The molecule has 0 saturated heterocycles. The molecule has 41 heavy (non-hydrogen) atoms. The van der Waals surface area contributed by atoms with Crippen molar-refractivity contribution in [3.8, 4) is 0 Å². The van der Waals surface area contributed by atoms with Crippen LogP contribution in [0.15, 0.2) is 49.2 Å². The van der Waals surface area contributed by atoms with E-state index >= 15 is 0 Å². The Morgan fingerprint density at radius 1 is 0.854 bits per heavy atom. The van der Waals surface area contributed by atoms with Crippen molar-refractivity contribution in [2.75, 3.05) is 21.3 Å². The predicted molar refractivity (Wildman–Crippen MR) is 154 cm³/mol. The summed E-state index contributed by atoms with van der Waals surface area (Å²) in [6.45, 7) is 5.26. The molecule has 3 amide bonds. The van der Waals surface area contributed by atoms with E-state index in [0.717, 1.165) is 5.69 Å². The van der Waals surface area contributed by atoms with Gasteiger partial charge in [0.25, 0.3) is 11.8 Å². The number of carbonyl (C=O) groups is 3. The fraction of sp³-hybridized carbons (Fsp3) is 0.333. The molecule has 218 valence electrons. The number of aryl methyl sites for hydroxylation is 4. The Balaban J connectivity index is 1.39. The monoisotopic (exact) mass is 565 g/mol. The molecule has 0 fully saturated rings. The molecule has 5 N–H and O–H groups in total. The van der Waals surface area contributed by atoms with Gasteiger partial charge in [0.1, 0.15) is 11.3 Å². The zero-order valence-electron chi connectivity index (χ0n) is 24.0. The van der Waals surface area contributed by atoms with Gasteiger partial charge in [-0.05, 0) is 39.0 Å². The van der Waals surface area contributed by atoms with Gasteiger partial charge in [-0.15, -0.1) is 0 Å². The van der Waals surface area contributed by atoms with E-state index < -0.39 is 29.7 Å². The molecule has 0 aliphatic heterocycles. The molecule has 4 aromatic heterocycles. The van der Waals surface area contributed by atoms with Gasteiger partial charge in [-0.25, -0.2) is 9.78 Å². The van der Waals surface area contributed by atoms with Gasteiger partial charge in [0.15, 0.2) is 12.0 Å². The van der Waals surface area contributed by atoms with Crippen LogP contribution in [0, 0.1) is 0 Å². The Hall–Kier alpha value is -4.98. The first-order valence-electron chi connectivity index (χ1n) is 12.7. The highest BCUT2D eigenvalue weighted by Crippen LogP contribution is 2.23. The minimum atomic E-state index is -1.000. The zero-order chi connectivity index (χ0) is 30.1. The molecule has 0 spiro atoms. The van der Waals surface area contributed by atoms with Crippen molar-refractivity contribution in [3.63, 3.8) is 0 Å². The highest BCUT2D eigenvalue weighted by molar-refractivity contribution is 6.05. The van der Waals surface area contributed by atoms with Crippen LogP contribution in [-0.2, 0) is 32.9 Å². The predicted octanol–water partition coefficient (Wildman–Crippen LogP) is 3.39. The first-order valence-corrected chi connectivity index (χ1v) is 12.7. The highest BCUT2D eigenvalue weighted by Gasteiger charge is 2.21. The summed E-state index contributed by atoms with van der Waals surface area (Å²) < 4.78 is 11.8. The highest BCUT2D eigenvalue weighted by atomic mass is 16.6. The summed E-state index contributed by atoms with van der Waals surface area (Å²) in [5, 5.41) is 21.7. The number of aliphatic hydroxyl groups is 1. The average Bonchev–Trinajstić information content (AvgIpc) is 3.60. The maximum Gasteiger partial charge on any atom is 0.412 e. The van der Waals surface area contributed by atoms with Crippen LogP contribution in [0.3, 0.4) is 0 Å². The van der Waals surface area contributed by atoms with Crippen LogP contribution in [0.5, 0.6) is 0 Å². The fourth-order valence-electron chi connectivity index (χ4n) is 4.13. The number of aliphatic hydroxyl groups excluding tert-OH is 1. The first kappa shape index (κ1) is 29.0. The molecule has 4 aromatic rings. The fourth-order valence-corrected chi connectivity index (χ4v) is 4.13. The maximum absolute atomic E-state index is 13.0. The molecule has 14 heteroatoms. The van der Waals surface area contributed by atoms with Crippen molar-refractivity contribution in [2.24, 2.45) is 28.2 Å². The Kier molecular flexibility index (Phi) is 7.96. The maximum atomic E-state index is 13.0. The number of anilines is 4. The molecule has 1 unspecified atom stereocenters. The number of rotatable bonds is 8. The third-order valence-electron chi connectivity index (χ3n) is 5.92. The van der Waals surface area contributed by atoms with E-state index in [1.54, 1.807) is 69.5 Å². The van der Waals surface area contributed by atoms with Gasteiger partial charge >= 0.3 is 6.09 Å². The van der Waals surface area contributed by atoms with Crippen molar-refractivity contribution in [1.82, 2.24) is 23.3 Å². The number of imidazole rings is 1. The molecular formula is C27H35N9O5. The van der Waals surface area contributed by atoms with E-state index in [1.807, 2.05) is 30.1 Å². The second-order valence-electron chi connectivity index (χ2n) is 10.7. The molecular weight excluding hydrogens is 530 g/mol. The third-order valence-corrected chi connectivity index (χ3v) is 5.92. The Morgan fingerprint density at radius 3 is 2.20 bits per heavy atom. The van der Waals surface area contributed by atoms with Crippen molar-refractivity contribution in [2.45, 2.75) is 32.6 Å². The number of amides is 3. The lowest BCUT2D eigenvalue weighted by Crippen LogP contribution is -2.27. The molecule has 0 radical (unpaired) electrons. The van der Waals surface area contributed by atoms with Crippen LogP contribution in [0.4, 0.5) is 27.7 Å². The standard InChI is InChI=1S/C27H35N9O5/c1-27(2,3)41-26(40)30-18-11-20(35(6)14-18)24(38)32-21-15-36(7)22(31-21)25(39)29-17-10-19(34(5)13-17)23(37)28-16-8-9-33(4)12-16/h8-15,23,28,37H,1-7H3,(H,29,39)(H,30,40)(H,32,38). The lowest BCUT2D eigenvalue weighted by molar-refractivity contribution is 0.0635. The molecule has 1 atom stereocenters. The quantitative estimate of drug-likeness (QED) is 0.205. The van der Waals surface area contributed by atoms with Crippen LogP contribution in [0.25, 0.3) is 0 Å². The molecule has 4 rings (SSSR count). The normalized spacial score (nSPS) is 12.1. The van der Waals surface area contributed by atoms with Gasteiger partial charge < -0.3 is 44.1 Å². The largest absolute Gasteiger partial charge is 0.444 e. The van der Waals surface area contributed by atoms with Crippen LogP contribution in [0.1, 0.15) is 53.8 Å². The summed E-state index contributed by atoms with van der Waals surface area (Å²) >= 11 is 0. The van der Waals surface area contributed by atoms with Gasteiger partial charge in [-0.3, -0.25) is 14.9 Å². The second-order valence-corrected chi connectivity index (χ2v) is 10.7. The van der Waals surface area contributed by atoms with Gasteiger partial charge in [-0.1, -0.05) is 0 Å². The Labute approximate surface area is 236 Å². The third kappa shape index (κ3) is 7.16. The summed E-state index contributed by atoms with van der Waals surface area (Å²) in [6.07, 6.45) is 6.83. The van der Waals surface area contributed by atoms with E-state index in [4.69, 9.17) is 4.74 Å². The van der Waals surface area contributed by atoms with Crippen LogP contribution in [-0.4, -0.2) is 51.9 Å². The Morgan fingerprint density at radius 2 is 1.54 bits per heavy atom. The van der Waals surface area contributed by atoms with Crippen LogP contribution in [0.2, 0.25) is 0 Å². The summed E-state index contributed by atoms with van der Waals surface area (Å²) in [5.74, 6) is -0.754. The van der Waals surface area contributed by atoms with Crippen LogP contribution < -0.4 is 21.3 Å². The number of hydrogen-bond donors (Lipinski definition) is 5. The minimum absolute atomic E-state index is 0.0628. The Bertz CT molecular complexity index is 1580. The molecule has 0 aliphatic carbocycles. The van der Waals surface area contributed by atoms with Crippen LogP contribution >= 0.6 is 0 Å². The summed E-state index contributed by atoms with van der Waals surface area (Å²) in [7, 11) is 6.93. The zero-order valence-corrected chi connectivity index (χ0v) is 24.0. The number of nitrogens with one attached hydrogen (secondary N) is 4. The number of nitrogens with zero attached hydrogens (tertiary/aromatic N) is 5.